The van der Waals surface area contributed by atoms with Crippen molar-refractivity contribution in [1.29, 1.82) is 0 Å². The van der Waals surface area contributed by atoms with Gasteiger partial charge in [-0.15, -0.1) is 0 Å². The molecule has 2 nitrogen and oxygen atoms in total. The molecule has 0 spiro atoms. The standard InChI is InChI=1S/C6H3BrF2O2S/c7-3-1-2-4(8)6(5(3)9)12(10)11/h1-2H,(H,10,11). The molecule has 6 heteroatoms. The molecule has 1 aromatic rings. The fourth-order valence-corrected chi connectivity index (χ4v) is 1.63. The molecule has 66 valence electrons. The van der Waals surface area contributed by atoms with Crippen LogP contribution in [-0.4, -0.2) is 8.76 Å². The molecule has 0 aliphatic heterocycles. The van der Waals surface area contributed by atoms with Crippen molar-refractivity contribution < 1.29 is 17.5 Å². The smallest absolute Gasteiger partial charge is 0.192 e. The van der Waals surface area contributed by atoms with Gasteiger partial charge in [-0.05, 0) is 28.1 Å². The Balaban J connectivity index is 3.43. The van der Waals surface area contributed by atoms with Gasteiger partial charge in [0.15, 0.2) is 16.9 Å². The van der Waals surface area contributed by atoms with E-state index in [0.717, 1.165) is 12.1 Å². The van der Waals surface area contributed by atoms with Gasteiger partial charge in [0.25, 0.3) is 0 Å². The minimum Gasteiger partial charge on any atom is -0.302 e. The molecule has 0 bridgehead atoms. The minimum absolute atomic E-state index is 0.0405. The fourth-order valence-electron chi connectivity index (χ4n) is 0.669. The predicted molar refractivity (Wildman–Crippen MR) is 43.1 cm³/mol. The van der Waals surface area contributed by atoms with Crippen molar-refractivity contribution in [3.8, 4) is 0 Å². The molecular weight excluding hydrogens is 254 g/mol. The molecule has 12 heavy (non-hydrogen) atoms. The summed E-state index contributed by atoms with van der Waals surface area (Å²) in [5.41, 5.74) is 0. The third-order valence-electron chi connectivity index (χ3n) is 1.18. The van der Waals surface area contributed by atoms with E-state index in [-0.39, 0.29) is 4.47 Å². The Morgan fingerprint density at radius 3 is 2.42 bits per heavy atom. The van der Waals surface area contributed by atoms with Crippen molar-refractivity contribution in [2.24, 2.45) is 0 Å². The zero-order chi connectivity index (χ0) is 9.30. The molecule has 0 amide bonds. The molecule has 1 atom stereocenters. The second-order valence-electron chi connectivity index (χ2n) is 1.92. The van der Waals surface area contributed by atoms with E-state index in [4.69, 9.17) is 4.55 Å². The van der Waals surface area contributed by atoms with Crippen LogP contribution in [0.1, 0.15) is 0 Å². The van der Waals surface area contributed by atoms with Crippen LogP contribution in [0.4, 0.5) is 8.78 Å². The van der Waals surface area contributed by atoms with Crippen LogP contribution in [0, 0.1) is 11.6 Å². The molecule has 0 aliphatic rings. The highest BCUT2D eigenvalue weighted by Crippen LogP contribution is 2.23. The van der Waals surface area contributed by atoms with Crippen LogP contribution in [0.25, 0.3) is 0 Å². The highest BCUT2D eigenvalue weighted by molar-refractivity contribution is 9.10. The van der Waals surface area contributed by atoms with Gasteiger partial charge in [-0.2, -0.15) is 0 Å². The lowest BCUT2D eigenvalue weighted by molar-refractivity contribution is 0.504. The fraction of sp³-hybridized carbons (Fsp3) is 0. The van der Waals surface area contributed by atoms with Crippen molar-refractivity contribution >= 4 is 27.0 Å². The van der Waals surface area contributed by atoms with Crippen molar-refractivity contribution in [2.75, 3.05) is 0 Å². The molecule has 1 unspecified atom stereocenters. The second-order valence-corrected chi connectivity index (χ2v) is 3.68. The Labute approximate surface area is 78.0 Å². The monoisotopic (exact) mass is 256 g/mol. The summed E-state index contributed by atoms with van der Waals surface area (Å²) in [6.45, 7) is 0. The predicted octanol–water partition coefficient (Wildman–Crippen LogP) is 2.31. The molecule has 1 aromatic carbocycles. The van der Waals surface area contributed by atoms with Gasteiger partial charge in [0.2, 0.25) is 0 Å². The van der Waals surface area contributed by atoms with Crippen LogP contribution in [0.5, 0.6) is 0 Å². The Hall–Kier alpha value is -0.330. The number of rotatable bonds is 1. The quantitative estimate of drug-likeness (QED) is 0.619. The number of hydrogen-bond acceptors (Lipinski definition) is 1. The maximum atomic E-state index is 12.9. The first kappa shape index (κ1) is 9.76. The van der Waals surface area contributed by atoms with Gasteiger partial charge >= 0.3 is 0 Å². The molecule has 0 saturated carbocycles. The summed E-state index contributed by atoms with van der Waals surface area (Å²) in [6, 6.07) is 2.04. The van der Waals surface area contributed by atoms with Gasteiger partial charge in [-0.1, -0.05) is 0 Å². The van der Waals surface area contributed by atoms with E-state index in [1.807, 2.05) is 0 Å². The molecule has 1 N–H and O–H groups in total. The number of benzene rings is 1. The second kappa shape index (κ2) is 3.59. The largest absolute Gasteiger partial charge is 0.302 e. The molecule has 0 radical (unpaired) electrons. The van der Waals surface area contributed by atoms with Gasteiger partial charge < -0.3 is 4.55 Å². The zero-order valence-corrected chi connectivity index (χ0v) is 7.95. The van der Waals surface area contributed by atoms with E-state index in [9.17, 15) is 13.0 Å². The average molecular weight is 257 g/mol. The van der Waals surface area contributed by atoms with Crippen LogP contribution in [-0.2, 0) is 11.1 Å². The summed E-state index contributed by atoms with van der Waals surface area (Å²) in [5.74, 6) is -2.08. The summed E-state index contributed by atoms with van der Waals surface area (Å²) in [6.07, 6.45) is 0. The van der Waals surface area contributed by atoms with Crippen LogP contribution < -0.4 is 0 Å². The van der Waals surface area contributed by atoms with Gasteiger partial charge in [0.1, 0.15) is 10.7 Å². The molecule has 0 aliphatic carbocycles. The lowest BCUT2D eigenvalue weighted by atomic mass is 10.3. The summed E-state index contributed by atoms with van der Waals surface area (Å²) in [7, 11) is 0. The summed E-state index contributed by atoms with van der Waals surface area (Å²) in [4.78, 5) is -0.829. The van der Waals surface area contributed by atoms with Crippen molar-refractivity contribution in [2.45, 2.75) is 4.90 Å². The number of halogens is 3. The highest BCUT2D eigenvalue weighted by atomic mass is 79.9. The Kier molecular flexibility index (Phi) is 2.92. The van der Waals surface area contributed by atoms with E-state index >= 15 is 0 Å². The van der Waals surface area contributed by atoms with Crippen molar-refractivity contribution in [3.05, 3.63) is 28.2 Å². The zero-order valence-electron chi connectivity index (χ0n) is 5.55. The molecule has 0 saturated heterocycles. The Bertz CT molecular complexity index is 343. The third-order valence-corrected chi connectivity index (χ3v) is 2.51. The van der Waals surface area contributed by atoms with Gasteiger partial charge in [0, 0.05) is 0 Å². The lowest BCUT2D eigenvalue weighted by Crippen LogP contribution is -1.98. The molecule has 0 aromatic heterocycles. The van der Waals surface area contributed by atoms with Crippen LogP contribution >= 0.6 is 15.9 Å². The Morgan fingerprint density at radius 2 is 2.00 bits per heavy atom. The summed E-state index contributed by atoms with van der Waals surface area (Å²) >= 11 is 0.119. The van der Waals surface area contributed by atoms with Gasteiger partial charge in [-0.25, -0.2) is 13.0 Å². The maximum absolute atomic E-state index is 12.9. The van der Waals surface area contributed by atoms with E-state index in [0.29, 0.717) is 0 Å². The van der Waals surface area contributed by atoms with E-state index in [2.05, 4.69) is 15.9 Å². The van der Waals surface area contributed by atoms with Crippen LogP contribution in [0.3, 0.4) is 0 Å². The topological polar surface area (TPSA) is 37.3 Å². The average Bonchev–Trinajstić information content (AvgIpc) is 1.97. The van der Waals surface area contributed by atoms with Crippen molar-refractivity contribution in [3.63, 3.8) is 0 Å². The first-order valence-corrected chi connectivity index (χ1v) is 4.68. The van der Waals surface area contributed by atoms with E-state index in [1.165, 1.54) is 0 Å². The maximum Gasteiger partial charge on any atom is 0.192 e. The molecule has 0 heterocycles. The first-order chi connectivity index (χ1) is 5.54. The molecule has 0 fully saturated rings. The SMILES string of the molecule is O=S(O)c1c(F)ccc(Br)c1F. The van der Waals surface area contributed by atoms with Crippen LogP contribution in [0.15, 0.2) is 21.5 Å². The van der Waals surface area contributed by atoms with Gasteiger partial charge in [0.05, 0.1) is 4.47 Å². The van der Waals surface area contributed by atoms with Crippen LogP contribution in [0.2, 0.25) is 0 Å². The third kappa shape index (κ3) is 1.70. The minimum atomic E-state index is -2.64. The normalized spacial score (nSPS) is 13.0. The first-order valence-electron chi connectivity index (χ1n) is 2.78. The summed E-state index contributed by atoms with van der Waals surface area (Å²) < 4.78 is 44.4. The van der Waals surface area contributed by atoms with Gasteiger partial charge in [-0.3, -0.25) is 0 Å². The Morgan fingerprint density at radius 1 is 1.42 bits per heavy atom. The number of hydrogen-bond donors (Lipinski definition) is 1. The lowest BCUT2D eigenvalue weighted by Gasteiger charge is -2.00. The van der Waals surface area contributed by atoms with Crippen molar-refractivity contribution in [1.82, 2.24) is 0 Å². The summed E-state index contributed by atoms with van der Waals surface area (Å²) in [5, 5.41) is 0. The van der Waals surface area contributed by atoms with E-state index < -0.39 is 27.6 Å². The highest BCUT2D eigenvalue weighted by Gasteiger charge is 2.16. The molecular formula is C6H3BrF2O2S. The van der Waals surface area contributed by atoms with E-state index in [1.54, 1.807) is 0 Å². The molecule has 1 rings (SSSR count).